The van der Waals surface area contributed by atoms with Crippen LogP contribution in [0.3, 0.4) is 0 Å². The Morgan fingerprint density at radius 1 is 1.22 bits per heavy atom. The van der Waals surface area contributed by atoms with Crippen molar-refractivity contribution < 1.29 is 23.9 Å². The molecule has 10 nitrogen and oxygen atoms in total. The SMILES string of the molecule is COc1ccc(CN2C(=O)c3cc([N+](=O)[O-])cnc3OCC2c2cccnc2)c(OC)c1. The van der Waals surface area contributed by atoms with Crippen molar-refractivity contribution in [3.05, 3.63) is 81.8 Å². The lowest BCUT2D eigenvalue weighted by Crippen LogP contribution is -2.35. The molecule has 1 atom stereocenters. The first-order valence-corrected chi connectivity index (χ1v) is 9.71. The van der Waals surface area contributed by atoms with E-state index >= 15 is 0 Å². The second kappa shape index (κ2) is 8.88. The smallest absolute Gasteiger partial charge is 0.288 e. The van der Waals surface area contributed by atoms with Gasteiger partial charge < -0.3 is 19.1 Å². The lowest BCUT2D eigenvalue weighted by atomic mass is 10.1. The predicted molar refractivity (Wildman–Crippen MR) is 113 cm³/mol. The molecule has 3 aromatic rings. The summed E-state index contributed by atoms with van der Waals surface area (Å²) in [6.45, 7) is 0.269. The van der Waals surface area contributed by atoms with Gasteiger partial charge in [-0.25, -0.2) is 4.98 Å². The van der Waals surface area contributed by atoms with Gasteiger partial charge in [0.2, 0.25) is 5.88 Å². The molecule has 0 bridgehead atoms. The Morgan fingerprint density at radius 2 is 2.06 bits per heavy atom. The molecule has 0 saturated carbocycles. The number of amides is 1. The Hall–Kier alpha value is -4.21. The average molecular weight is 436 g/mol. The number of fused-ring (bicyclic) bond motifs is 1. The molecule has 1 aromatic carbocycles. The zero-order valence-corrected chi connectivity index (χ0v) is 17.4. The maximum Gasteiger partial charge on any atom is 0.288 e. The fourth-order valence-electron chi connectivity index (χ4n) is 3.55. The number of rotatable bonds is 6. The van der Waals surface area contributed by atoms with E-state index in [1.807, 2.05) is 12.1 Å². The van der Waals surface area contributed by atoms with Gasteiger partial charge >= 0.3 is 0 Å². The highest BCUT2D eigenvalue weighted by Gasteiger charge is 2.34. The highest BCUT2D eigenvalue weighted by atomic mass is 16.6. The summed E-state index contributed by atoms with van der Waals surface area (Å²) in [5.74, 6) is 0.772. The molecule has 2 aromatic heterocycles. The van der Waals surface area contributed by atoms with E-state index < -0.39 is 16.9 Å². The van der Waals surface area contributed by atoms with Crippen molar-refractivity contribution >= 4 is 11.6 Å². The second-order valence-corrected chi connectivity index (χ2v) is 7.03. The van der Waals surface area contributed by atoms with Gasteiger partial charge in [0, 0.05) is 30.1 Å². The fraction of sp³-hybridized carbons (Fsp3) is 0.227. The zero-order chi connectivity index (χ0) is 22.7. The lowest BCUT2D eigenvalue weighted by Gasteiger charge is -2.30. The van der Waals surface area contributed by atoms with E-state index in [-0.39, 0.29) is 30.3 Å². The first-order chi connectivity index (χ1) is 15.5. The molecule has 0 N–H and O–H groups in total. The number of pyridine rings is 2. The third-order valence-electron chi connectivity index (χ3n) is 5.20. The van der Waals surface area contributed by atoms with Crippen molar-refractivity contribution in [2.75, 3.05) is 20.8 Å². The average Bonchev–Trinajstić information content (AvgIpc) is 2.96. The Morgan fingerprint density at radius 3 is 2.75 bits per heavy atom. The van der Waals surface area contributed by atoms with Gasteiger partial charge in [0.15, 0.2) is 0 Å². The molecule has 0 fully saturated rings. The minimum Gasteiger partial charge on any atom is -0.497 e. The number of hydrogen-bond acceptors (Lipinski definition) is 8. The Labute approximate surface area is 183 Å². The molecule has 0 spiro atoms. The van der Waals surface area contributed by atoms with Gasteiger partial charge in [0.25, 0.3) is 11.6 Å². The summed E-state index contributed by atoms with van der Waals surface area (Å²) in [6, 6.07) is 9.61. The first-order valence-electron chi connectivity index (χ1n) is 9.71. The van der Waals surface area contributed by atoms with Crippen molar-refractivity contribution in [2.24, 2.45) is 0 Å². The fourth-order valence-corrected chi connectivity index (χ4v) is 3.55. The van der Waals surface area contributed by atoms with Gasteiger partial charge in [-0.05, 0) is 23.8 Å². The number of ether oxygens (including phenoxy) is 3. The monoisotopic (exact) mass is 436 g/mol. The Bertz CT molecular complexity index is 1150. The molecule has 4 rings (SSSR count). The van der Waals surface area contributed by atoms with Crippen LogP contribution in [0.4, 0.5) is 5.69 Å². The summed E-state index contributed by atoms with van der Waals surface area (Å²) < 4.78 is 16.6. The van der Waals surface area contributed by atoms with Crippen LogP contribution < -0.4 is 14.2 Å². The van der Waals surface area contributed by atoms with Gasteiger partial charge in [-0.1, -0.05) is 6.07 Å². The van der Waals surface area contributed by atoms with Crippen molar-refractivity contribution in [3.63, 3.8) is 0 Å². The normalized spacial score (nSPS) is 15.4. The molecule has 0 radical (unpaired) electrons. The number of carbonyl (C=O) groups is 1. The number of nitrogens with zero attached hydrogens (tertiary/aromatic N) is 4. The van der Waals surface area contributed by atoms with Gasteiger partial charge in [-0.2, -0.15) is 0 Å². The third-order valence-corrected chi connectivity index (χ3v) is 5.20. The molecular weight excluding hydrogens is 416 g/mol. The molecule has 10 heteroatoms. The number of benzene rings is 1. The van der Waals surface area contributed by atoms with E-state index in [4.69, 9.17) is 14.2 Å². The summed E-state index contributed by atoms with van der Waals surface area (Å²) >= 11 is 0. The van der Waals surface area contributed by atoms with Gasteiger partial charge in [-0.3, -0.25) is 19.9 Å². The molecule has 1 aliphatic rings. The van der Waals surface area contributed by atoms with Crippen LogP contribution in [0.15, 0.2) is 55.0 Å². The van der Waals surface area contributed by atoms with Crippen LogP contribution in [0.5, 0.6) is 17.4 Å². The van der Waals surface area contributed by atoms with E-state index in [0.717, 1.165) is 17.3 Å². The van der Waals surface area contributed by atoms with Crippen molar-refractivity contribution in [2.45, 2.75) is 12.6 Å². The van der Waals surface area contributed by atoms with Gasteiger partial charge in [0.1, 0.15) is 29.9 Å². The summed E-state index contributed by atoms with van der Waals surface area (Å²) in [6.07, 6.45) is 4.37. The van der Waals surface area contributed by atoms with Crippen LogP contribution >= 0.6 is 0 Å². The standard InChI is InChI=1S/C22H20N4O6/c1-30-17-6-5-15(20(9-17)31-2)12-25-19(14-4-3-7-23-10-14)13-32-21-18(22(25)27)8-16(11-24-21)26(28)29/h3-11,19H,12-13H2,1-2H3. The maximum absolute atomic E-state index is 13.6. The van der Waals surface area contributed by atoms with Crippen molar-refractivity contribution in [1.29, 1.82) is 0 Å². The number of hydrogen-bond donors (Lipinski definition) is 0. The number of methoxy groups -OCH3 is 2. The Kier molecular flexibility index (Phi) is 5.84. The van der Waals surface area contributed by atoms with Crippen LogP contribution in [0, 0.1) is 10.1 Å². The number of aromatic nitrogens is 2. The van der Waals surface area contributed by atoms with Crippen LogP contribution in [-0.4, -0.2) is 46.5 Å². The molecule has 0 aliphatic carbocycles. The van der Waals surface area contributed by atoms with E-state index in [1.54, 1.807) is 42.6 Å². The van der Waals surface area contributed by atoms with Crippen LogP contribution in [0.1, 0.15) is 27.5 Å². The number of carbonyl (C=O) groups excluding carboxylic acids is 1. The summed E-state index contributed by atoms with van der Waals surface area (Å²) in [5.41, 5.74) is 1.23. The largest absolute Gasteiger partial charge is 0.497 e. The van der Waals surface area contributed by atoms with Crippen molar-refractivity contribution in [3.8, 4) is 17.4 Å². The topological polar surface area (TPSA) is 117 Å². The first kappa shape index (κ1) is 21.0. The van der Waals surface area contributed by atoms with Gasteiger partial charge in [-0.15, -0.1) is 0 Å². The van der Waals surface area contributed by atoms with Gasteiger partial charge in [0.05, 0.1) is 31.7 Å². The molecule has 1 aliphatic heterocycles. The second-order valence-electron chi connectivity index (χ2n) is 7.03. The maximum atomic E-state index is 13.6. The molecule has 164 valence electrons. The molecule has 32 heavy (non-hydrogen) atoms. The minimum absolute atomic E-state index is 0.0260. The van der Waals surface area contributed by atoms with Crippen LogP contribution in [-0.2, 0) is 6.54 Å². The van der Waals surface area contributed by atoms with E-state index in [0.29, 0.717) is 11.5 Å². The summed E-state index contributed by atoms with van der Waals surface area (Å²) in [7, 11) is 3.09. The quantitative estimate of drug-likeness (QED) is 0.427. The molecule has 1 amide bonds. The predicted octanol–water partition coefficient (Wildman–Crippen LogP) is 3.18. The zero-order valence-electron chi connectivity index (χ0n) is 17.4. The number of nitro groups is 1. The highest BCUT2D eigenvalue weighted by molar-refractivity contribution is 5.97. The minimum atomic E-state index is -0.596. The Balaban J connectivity index is 1.79. The van der Waals surface area contributed by atoms with E-state index in [2.05, 4.69) is 9.97 Å². The third kappa shape index (κ3) is 4.02. The van der Waals surface area contributed by atoms with Crippen LogP contribution in [0.2, 0.25) is 0 Å². The summed E-state index contributed by atoms with van der Waals surface area (Å²) in [5, 5.41) is 11.2. The molecular formula is C22H20N4O6. The molecule has 0 saturated heterocycles. The van der Waals surface area contributed by atoms with Crippen molar-refractivity contribution in [1.82, 2.24) is 14.9 Å². The molecule has 3 heterocycles. The van der Waals surface area contributed by atoms with E-state index in [1.165, 1.54) is 13.2 Å². The summed E-state index contributed by atoms with van der Waals surface area (Å²) in [4.78, 5) is 34.0. The van der Waals surface area contributed by atoms with Crippen LogP contribution in [0.25, 0.3) is 0 Å². The van der Waals surface area contributed by atoms with E-state index in [9.17, 15) is 14.9 Å². The molecule has 1 unspecified atom stereocenters. The highest BCUT2D eigenvalue weighted by Crippen LogP contribution is 2.35. The lowest BCUT2D eigenvalue weighted by molar-refractivity contribution is -0.385.